The van der Waals surface area contributed by atoms with Crippen LogP contribution in [0.15, 0.2) is 28.7 Å². The van der Waals surface area contributed by atoms with Crippen molar-refractivity contribution in [2.24, 2.45) is 11.7 Å². The smallest absolute Gasteiger partial charge is 0.134 e. The molecule has 2 unspecified atom stereocenters. The van der Waals surface area contributed by atoms with Gasteiger partial charge in [0.2, 0.25) is 0 Å². The van der Waals surface area contributed by atoms with E-state index < -0.39 is 0 Å². The molecule has 1 saturated heterocycles. The molecule has 0 amide bonds. The number of likely N-dealkylation sites (tertiary alicyclic amines) is 1. The lowest BCUT2D eigenvalue weighted by molar-refractivity contribution is -0.00913. The van der Waals surface area contributed by atoms with E-state index in [0.29, 0.717) is 18.6 Å². The van der Waals surface area contributed by atoms with E-state index in [1.165, 1.54) is 0 Å². The molecule has 0 spiro atoms. The van der Waals surface area contributed by atoms with Crippen LogP contribution in [0.3, 0.4) is 0 Å². The van der Waals surface area contributed by atoms with Gasteiger partial charge in [0.05, 0.1) is 12.6 Å². The monoisotopic (exact) mass is 288 g/mol. The summed E-state index contributed by atoms with van der Waals surface area (Å²) < 4.78 is 11.6. The standard InChI is InChI=1S/C17H24N2O2/c1-12-7-8-19(10-16(12)20-2)11-17-14(9-18)13-5-3-4-6-15(13)21-17/h3-6,12,16H,7-11,18H2,1-2H3. The summed E-state index contributed by atoms with van der Waals surface area (Å²) in [7, 11) is 1.80. The fourth-order valence-corrected chi connectivity index (χ4v) is 3.25. The van der Waals surface area contributed by atoms with Gasteiger partial charge in [-0.15, -0.1) is 0 Å². The third kappa shape index (κ3) is 2.84. The van der Waals surface area contributed by atoms with Crippen molar-refractivity contribution in [3.63, 3.8) is 0 Å². The maximum atomic E-state index is 6.03. The van der Waals surface area contributed by atoms with Crippen molar-refractivity contribution >= 4 is 11.0 Å². The van der Waals surface area contributed by atoms with Crippen LogP contribution in [0, 0.1) is 5.92 Å². The van der Waals surface area contributed by atoms with E-state index in [4.69, 9.17) is 14.9 Å². The van der Waals surface area contributed by atoms with E-state index in [0.717, 1.165) is 48.3 Å². The predicted octanol–water partition coefficient (Wildman–Crippen LogP) is 2.75. The van der Waals surface area contributed by atoms with Crippen molar-refractivity contribution in [3.05, 3.63) is 35.6 Å². The van der Waals surface area contributed by atoms with Crippen LogP contribution in [0.1, 0.15) is 24.7 Å². The molecule has 4 heteroatoms. The molecule has 2 atom stereocenters. The third-order valence-electron chi connectivity index (χ3n) is 4.63. The van der Waals surface area contributed by atoms with Gasteiger partial charge < -0.3 is 14.9 Å². The Morgan fingerprint density at radius 3 is 2.95 bits per heavy atom. The lowest BCUT2D eigenvalue weighted by Gasteiger charge is -2.35. The summed E-state index contributed by atoms with van der Waals surface area (Å²) >= 11 is 0. The Balaban J connectivity index is 1.81. The van der Waals surface area contributed by atoms with Gasteiger partial charge >= 0.3 is 0 Å². The van der Waals surface area contributed by atoms with Gasteiger partial charge in [-0.3, -0.25) is 4.90 Å². The molecule has 0 bridgehead atoms. The highest BCUT2D eigenvalue weighted by Gasteiger charge is 2.27. The van der Waals surface area contributed by atoms with Crippen LogP contribution in [0.4, 0.5) is 0 Å². The second-order valence-corrected chi connectivity index (χ2v) is 5.98. The van der Waals surface area contributed by atoms with Crippen molar-refractivity contribution in [3.8, 4) is 0 Å². The number of nitrogens with zero attached hydrogens (tertiary/aromatic N) is 1. The second kappa shape index (κ2) is 6.18. The van der Waals surface area contributed by atoms with Crippen molar-refractivity contribution in [2.75, 3.05) is 20.2 Å². The second-order valence-electron chi connectivity index (χ2n) is 5.98. The molecule has 2 heterocycles. The Bertz CT molecular complexity index is 608. The first-order valence-corrected chi connectivity index (χ1v) is 7.67. The van der Waals surface area contributed by atoms with Gasteiger partial charge in [0.15, 0.2) is 0 Å². The van der Waals surface area contributed by atoms with Crippen LogP contribution in [0.2, 0.25) is 0 Å². The zero-order chi connectivity index (χ0) is 14.8. The predicted molar refractivity (Wildman–Crippen MR) is 84.0 cm³/mol. The van der Waals surface area contributed by atoms with Gasteiger partial charge in [-0.25, -0.2) is 0 Å². The van der Waals surface area contributed by atoms with Crippen molar-refractivity contribution in [2.45, 2.75) is 32.5 Å². The Morgan fingerprint density at radius 1 is 1.38 bits per heavy atom. The van der Waals surface area contributed by atoms with Crippen molar-refractivity contribution < 1.29 is 9.15 Å². The van der Waals surface area contributed by atoms with Crippen LogP contribution >= 0.6 is 0 Å². The molecule has 0 saturated carbocycles. The Morgan fingerprint density at radius 2 is 2.19 bits per heavy atom. The molecule has 0 radical (unpaired) electrons. The summed E-state index contributed by atoms with van der Waals surface area (Å²) in [5.74, 6) is 1.62. The molecular weight excluding hydrogens is 264 g/mol. The SMILES string of the molecule is COC1CN(Cc2oc3ccccc3c2CN)CCC1C. The van der Waals surface area contributed by atoms with Crippen molar-refractivity contribution in [1.82, 2.24) is 4.90 Å². The van der Waals surface area contributed by atoms with E-state index in [2.05, 4.69) is 17.9 Å². The van der Waals surface area contributed by atoms with E-state index in [9.17, 15) is 0 Å². The van der Waals surface area contributed by atoms with Gasteiger partial charge in [0, 0.05) is 31.1 Å². The number of para-hydroxylation sites is 1. The lowest BCUT2D eigenvalue weighted by atomic mass is 9.95. The third-order valence-corrected chi connectivity index (χ3v) is 4.63. The van der Waals surface area contributed by atoms with Crippen LogP contribution in [-0.4, -0.2) is 31.2 Å². The van der Waals surface area contributed by atoms with Crippen LogP contribution in [0.5, 0.6) is 0 Å². The number of furan rings is 1. The molecule has 114 valence electrons. The first-order valence-electron chi connectivity index (χ1n) is 7.67. The molecule has 1 aromatic carbocycles. The quantitative estimate of drug-likeness (QED) is 0.940. The van der Waals surface area contributed by atoms with Crippen LogP contribution < -0.4 is 5.73 Å². The average molecular weight is 288 g/mol. The summed E-state index contributed by atoms with van der Waals surface area (Å²) in [6.07, 6.45) is 1.47. The van der Waals surface area contributed by atoms with E-state index in [1.54, 1.807) is 7.11 Å². The number of piperidine rings is 1. The lowest BCUT2D eigenvalue weighted by Crippen LogP contribution is -2.43. The van der Waals surface area contributed by atoms with Gasteiger partial charge in [-0.1, -0.05) is 25.1 Å². The number of hydrogen-bond acceptors (Lipinski definition) is 4. The molecular formula is C17H24N2O2. The average Bonchev–Trinajstić information content (AvgIpc) is 2.86. The number of benzene rings is 1. The molecule has 4 nitrogen and oxygen atoms in total. The highest BCUT2D eigenvalue weighted by molar-refractivity contribution is 5.82. The minimum atomic E-state index is 0.310. The first-order chi connectivity index (χ1) is 10.2. The largest absolute Gasteiger partial charge is 0.459 e. The topological polar surface area (TPSA) is 51.6 Å². The molecule has 1 aromatic heterocycles. The fourth-order valence-electron chi connectivity index (χ4n) is 3.25. The summed E-state index contributed by atoms with van der Waals surface area (Å²) in [6, 6.07) is 8.12. The maximum Gasteiger partial charge on any atom is 0.134 e. The molecule has 3 rings (SSSR count). The Labute approximate surface area is 125 Å². The molecule has 2 aromatic rings. The Hall–Kier alpha value is -1.36. The maximum absolute atomic E-state index is 6.03. The molecule has 1 fully saturated rings. The molecule has 0 aliphatic carbocycles. The van der Waals surface area contributed by atoms with Gasteiger partial charge in [0.1, 0.15) is 11.3 Å². The Kier molecular flexibility index (Phi) is 4.29. The van der Waals surface area contributed by atoms with Crippen LogP contribution in [0.25, 0.3) is 11.0 Å². The van der Waals surface area contributed by atoms with Crippen molar-refractivity contribution in [1.29, 1.82) is 0 Å². The minimum Gasteiger partial charge on any atom is -0.459 e. The highest BCUT2D eigenvalue weighted by atomic mass is 16.5. The summed E-state index contributed by atoms with van der Waals surface area (Å²) in [4.78, 5) is 2.41. The fraction of sp³-hybridized carbons (Fsp3) is 0.529. The molecule has 1 aliphatic rings. The highest BCUT2D eigenvalue weighted by Crippen LogP contribution is 2.28. The summed E-state index contributed by atoms with van der Waals surface area (Å²) in [5, 5.41) is 1.14. The molecule has 2 N–H and O–H groups in total. The first kappa shape index (κ1) is 14.6. The van der Waals surface area contributed by atoms with Gasteiger partial charge in [-0.2, -0.15) is 0 Å². The number of rotatable bonds is 4. The number of methoxy groups -OCH3 is 1. The van der Waals surface area contributed by atoms with E-state index >= 15 is 0 Å². The number of nitrogens with two attached hydrogens (primary N) is 1. The normalized spacial score (nSPS) is 23.8. The van der Waals surface area contributed by atoms with Gasteiger partial charge in [-0.05, 0) is 24.9 Å². The number of ether oxygens (including phenoxy) is 1. The van der Waals surface area contributed by atoms with E-state index in [1.807, 2.05) is 18.2 Å². The molecule has 21 heavy (non-hydrogen) atoms. The molecule has 1 aliphatic heterocycles. The van der Waals surface area contributed by atoms with Crippen LogP contribution in [-0.2, 0) is 17.8 Å². The van der Waals surface area contributed by atoms with E-state index in [-0.39, 0.29) is 0 Å². The number of fused-ring (bicyclic) bond motifs is 1. The van der Waals surface area contributed by atoms with Gasteiger partial charge in [0.25, 0.3) is 0 Å². The zero-order valence-electron chi connectivity index (χ0n) is 12.8. The summed E-state index contributed by atoms with van der Waals surface area (Å²) in [6.45, 7) is 5.64. The summed E-state index contributed by atoms with van der Waals surface area (Å²) in [5.41, 5.74) is 8.01. The number of hydrogen-bond donors (Lipinski definition) is 1. The zero-order valence-corrected chi connectivity index (χ0v) is 12.8. The minimum absolute atomic E-state index is 0.310.